The van der Waals surface area contributed by atoms with Crippen molar-refractivity contribution in [2.24, 2.45) is 0 Å². The minimum Gasteiger partial charge on any atom is -0.294 e. The van der Waals surface area contributed by atoms with Crippen molar-refractivity contribution in [1.82, 2.24) is 9.78 Å². The van der Waals surface area contributed by atoms with E-state index in [0.29, 0.717) is 12.5 Å². The molecule has 1 atom stereocenters. The zero-order valence-electron chi connectivity index (χ0n) is 9.60. The highest BCUT2D eigenvalue weighted by atomic mass is 16.1. The Hall–Kier alpha value is -1.38. The largest absolute Gasteiger partial charge is 0.294 e. The summed E-state index contributed by atoms with van der Waals surface area (Å²) in [5.41, 5.74) is 0.846. The monoisotopic (exact) mass is 206 g/mol. The topological polar surface area (TPSA) is 34.9 Å². The van der Waals surface area contributed by atoms with Crippen molar-refractivity contribution in [2.75, 3.05) is 0 Å². The van der Waals surface area contributed by atoms with Crippen molar-refractivity contribution < 1.29 is 4.79 Å². The van der Waals surface area contributed by atoms with E-state index < -0.39 is 0 Å². The van der Waals surface area contributed by atoms with Gasteiger partial charge in [-0.2, -0.15) is 5.10 Å². The Morgan fingerprint density at radius 3 is 3.00 bits per heavy atom. The molecule has 0 aromatic carbocycles. The molecule has 0 radical (unpaired) electrons. The molecule has 0 bridgehead atoms. The van der Waals surface area contributed by atoms with E-state index in [1.807, 2.05) is 23.9 Å². The van der Waals surface area contributed by atoms with Gasteiger partial charge in [0.1, 0.15) is 0 Å². The van der Waals surface area contributed by atoms with Gasteiger partial charge in [0.15, 0.2) is 5.78 Å². The highest BCUT2D eigenvalue weighted by Gasteiger charge is 2.06. The molecule has 1 rings (SSSR count). The molecule has 0 saturated heterocycles. The lowest BCUT2D eigenvalue weighted by atomic mass is 10.2. The molecular formula is C12H18N2O. The third-order valence-electron chi connectivity index (χ3n) is 2.41. The van der Waals surface area contributed by atoms with Gasteiger partial charge in [-0.3, -0.25) is 9.48 Å². The molecule has 0 amide bonds. The number of carbonyl (C=O) groups excluding carboxylic acids is 1. The summed E-state index contributed by atoms with van der Waals surface area (Å²) in [7, 11) is 0. The van der Waals surface area contributed by atoms with Crippen LogP contribution in [0.2, 0.25) is 0 Å². The van der Waals surface area contributed by atoms with Crippen LogP contribution in [0.5, 0.6) is 0 Å². The van der Waals surface area contributed by atoms with E-state index in [2.05, 4.69) is 18.9 Å². The summed E-state index contributed by atoms with van der Waals surface area (Å²) in [6, 6.07) is 2.31. The average Bonchev–Trinajstić information content (AvgIpc) is 2.65. The van der Waals surface area contributed by atoms with Crippen molar-refractivity contribution in [3.63, 3.8) is 0 Å². The Morgan fingerprint density at radius 2 is 2.40 bits per heavy atom. The van der Waals surface area contributed by atoms with Crippen LogP contribution in [0.4, 0.5) is 0 Å². The van der Waals surface area contributed by atoms with Crippen molar-refractivity contribution in [1.29, 1.82) is 0 Å². The fourth-order valence-electron chi connectivity index (χ4n) is 1.33. The van der Waals surface area contributed by atoms with Crippen LogP contribution in [0.3, 0.4) is 0 Å². The predicted molar refractivity (Wildman–Crippen MR) is 60.8 cm³/mol. The average molecular weight is 206 g/mol. The minimum absolute atomic E-state index is 0.104. The second-order valence-corrected chi connectivity index (χ2v) is 3.69. The Kier molecular flexibility index (Phi) is 4.28. The van der Waals surface area contributed by atoms with Crippen molar-refractivity contribution in [3.05, 3.63) is 30.1 Å². The Morgan fingerprint density at radius 1 is 1.67 bits per heavy atom. The number of hydrogen-bond donors (Lipinski definition) is 0. The van der Waals surface area contributed by atoms with Gasteiger partial charge in [0.2, 0.25) is 0 Å². The van der Waals surface area contributed by atoms with Gasteiger partial charge in [0, 0.05) is 12.2 Å². The van der Waals surface area contributed by atoms with Gasteiger partial charge in [-0.1, -0.05) is 13.0 Å². The van der Waals surface area contributed by atoms with Gasteiger partial charge < -0.3 is 0 Å². The van der Waals surface area contributed by atoms with E-state index in [1.54, 1.807) is 12.2 Å². The first-order valence-corrected chi connectivity index (χ1v) is 5.37. The van der Waals surface area contributed by atoms with Gasteiger partial charge in [-0.05, 0) is 32.4 Å². The maximum absolute atomic E-state index is 11.3. The summed E-state index contributed by atoms with van der Waals surface area (Å²) in [6.07, 6.45) is 6.72. The lowest BCUT2D eigenvalue weighted by molar-refractivity contribution is -0.114. The van der Waals surface area contributed by atoms with Crippen LogP contribution in [0.15, 0.2) is 24.4 Å². The molecule has 1 aromatic heterocycles. The second-order valence-electron chi connectivity index (χ2n) is 3.69. The molecule has 0 aliphatic heterocycles. The van der Waals surface area contributed by atoms with E-state index in [1.165, 1.54) is 0 Å². The van der Waals surface area contributed by atoms with Crippen LogP contribution in [0.1, 0.15) is 38.9 Å². The molecule has 0 spiro atoms. The molecule has 0 aliphatic carbocycles. The molecular weight excluding hydrogens is 188 g/mol. The molecule has 15 heavy (non-hydrogen) atoms. The maximum atomic E-state index is 11.3. The van der Waals surface area contributed by atoms with Gasteiger partial charge in [-0.15, -0.1) is 0 Å². The molecule has 0 aliphatic rings. The molecule has 0 saturated carbocycles. The number of ketones is 1. The van der Waals surface area contributed by atoms with E-state index in [4.69, 9.17) is 0 Å². The number of nitrogens with zero attached hydrogens (tertiary/aromatic N) is 2. The summed E-state index contributed by atoms with van der Waals surface area (Å²) in [5, 5.41) is 4.37. The molecule has 82 valence electrons. The highest BCUT2D eigenvalue weighted by molar-refractivity contribution is 5.90. The molecule has 3 nitrogen and oxygen atoms in total. The number of allylic oxidation sites excluding steroid dienone is 2. The van der Waals surface area contributed by atoms with Gasteiger partial charge in [0.25, 0.3) is 0 Å². The van der Waals surface area contributed by atoms with Crippen LogP contribution in [0.25, 0.3) is 0 Å². The zero-order chi connectivity index (χ0) is 11.3. The minimum atomic E-state index is 0.104. The van der Waals surface area contributed by atoms with E-state index in [9.17, 15) is 4.79 Å². The first kappa shape index (κ1) is 11.7. The summed E-state index contributed by atoms with van der Waals surface area (Å²) in [5.74, 6) is 0.104. The Bertz CT molecular complexity index is 352. The molecule has 0 fully saturated rings. The second kappa shape index (κ2) is 5.49. The first-order valence-electron chi connectivity index (χ1n) is 5.37. The zero-order valence-corrected chi connectivity index (χ0v) is 9.60. The fraction of sp³-hybridized carbons (Fsp3) is 0.500. The predicted octanol–water partition coefficient (Wildman–Crippen LogP) is 2.54. The van der Waals surface area contributed by atoms with E-state index in [-0.39, 0.29) is 5.78 Å². The van der Waals surface area contributed by atoms with Crippen LogP contribution in [-0.2, 0) is 11.2 Å². The van der Waals surface area contributed by atoms with Crippen LogP contribution in [-0.4, -0.2) is 15.6 Å². The van der Waals surface area contributed by atoms with Crippen molar-refractivity contribution >= 4 is 5.78 Å². The molecule has 1 heterocycles. The van der Waals surface area contributed by atoms with Crippen LogP contribution in [0, 0.1) is 0 Å². The SMILES string of the molecule is C/C=C/C(=O)Cc1ccn(C(C)CC)n1. The van der Waals surface area contributed by atoms with Gasteiger partial charge in [-0.25, -0.2) is 0 Å². The van der Waals surface area contributed by atoms with E-state index in [0.717, 1.165) is 12.1 Å². The van der Waals surface area contributed by atoms with Crippen molar-refractivity contribution in [2.45, 2.75) is 39.7 Å². The normalized spacial score (nSPS) is 13.3. The molecule has 3 heteroatoms. The number of carbonyl (C=O) groups is 1. The number of rotatable bonds is 5. The summed E-state index contributed by atoms with van der Waals surface area (Å²) < 4.78 is 1.91. The third kappa shape index (κ3) is 3.35. The van der Waals surface area contributed by atoms with E-state index >= 15 is 0 Å². The molecule has 1 unspecified atom stereocenters. The van der Waals surface area contributed by atoms with Crippen LogP contribution < -0.4 is 0 Å². The summed E-state index contributed by atoms with van der Waals surface area (Å²) in [4.78, 5) is 11.3. The molecule has 1 aromatic rings. The molecule has 0 N–H and O–H groups in total. The number of hydrogen-bond acceptors (Lipinski definition) is 2. The lowest BCUT2D eigenvalue weighted by Crippen LogP contribution is -2.06. The Balaban J connectivity index is 2.64. The highest BCUT2D eigenvalue weighted by Crippen LogP contribution is 2.09. The number of aromatic nitrogens is 2. The maximum Gasteiger partial charge on any atom is 0.161 e. The first-order chi connectivity index (χ1) is 7.17. The fourth-order valence-corrected chi connectivity index (χ4v) is 1.33. The lowest BCUT2D eigenvalue weighted by Gasteiger charge is -2.07. The smallest absolute Gasteiger partial charge is 0.161 e. The third-order valence-corrected chi connectivity index (χ3v) is 2.41. The van der Waals surface area contributed by atoms with Crippen LogP contribution >= 0.6 is 0 Å². The standard InChI is InChI=1S/C12H18N2O/c1-4-6-12(15)9-11-7-8-14(13-11)10(3)5-2/h4,6-8,10H,5,9H2,1-3H3/b6-4+. The van der Waals surface area contributed by atoms with Gasteiger partial charge >= 0.3 is 0 Å². The Labute approximate surface area is 90.8 Å². The quantitative estimate of drug-likeness (QED) is 0.694. The summed E-state index contributed by atoms with van der Waals surface area (Å²) >= 11 is 0. The van der Waals surface area contributed by atoms with Crippen molar-refractivity contribution in [3.8, 4) is 0 Å². The summed E-state index contributed by atoms with van der Waals surface area (Å²) in [6.45, 7) is 6.08. The van der Waals surface area contributed by atoms with Gasteiger partial charge in [0.05, 0.1) is 12.1 Å².